The number of nitrogens with one attached hydrogen (secondary N) is 2. The van der Waals surface area contributed by atoms with E-state index in [1.165, 1.54) is 4.70 Å². The van der Waals surface area contributed by atoms with Gasteiger partial charge >= 0.3 is 0 Å². The second kappa shape index (κ2) is 4.31. The molecule has 17 heavy (non-hydrogen) atoms. The van der Waals surface area contributed by atoms with Crippen LogP contribution in [0.4, 0.5) is 11.4 Å². The Bertz CT molecular complexity index is 698. The van der Waals surface area contributed by atoms with E-state index < -0.39 is 0 Å². The molecule has 3 aromatic rings. The van der Waals surface area contributed by atoms with Gasteiger partial charge in [-0.2, -0.15) is 0 Å². The molecule has 0 aliphatic rings. The Hall–Kier alpha value is -1.65. The largest absolute Gasteiger partial charge is 0.355 e. The third-order valence-electron chi connectivity index (χ3n) is 2.48. The standard InChI is InChI=1S/C13H10N2S2/c16-13-15-11-7-6-10(8-12(11)17-13)14-9-4-2-1-3-5-9/h1-8,14H,(H,15,16). The Morgan fingerprint density at radius 3 is 2.65 bits per heavy atom. The van der Waals surface area contributed by atoms with Crippen molar-refractivity contribution in [3.8, 4) is 0 Å². The predicted molar refractivity (Wildman–Crippen MR) is 76.7 cm³/mol. The van der Waals surface area contributed by atoms with Crippen molar-refractivity contribution in [2.75, 3.05) is 5.32 Å². The number of benzene rings is 2. The number of aromatic amines is 1. The molecule has 0 aliphatic heterocycles. The monoisotopic (exact) mass is 258 g/mol. The maximum absolute atomic E-state index is 5.13. The summed E-state index contributed by atoms with van der Waals surface area (Å²) in [5, 5.41) is 3.36. The zero-order valence-corrected chi connectivity index (χ0v) is 10.6. The molecular weight excluding hydrogens is 248 g/mol. The molecule has 0 radical (unpaired) electrons. The van der Waals surface area contributed by atoms with E-state index in [1.54, 1.807) is 11.3 Å². The number of H-pyrrole nitrogens is 1. The quantitative estimate of drug-likeness (QED) is 0.652. The Kier molecular flexibility index (Phi) is 2.66. The molecule has 1 aromatic heterocycles. The van der Waals surface area contributed by atoms with E-state index in [4.69, 9.17) is 12.2 Å². The van der Waals surface area contributed by atoms with Gasteiger partial charge in [-0.25, -0.2) is 0 Å². The second-order valence-electron chi connectivity index (χ2n) is 3.72. The molecule has 2 aromatic carbocycles. The van der Waals surface area contributed by atoms with Crippen LogP contribution < -0.4 is 5.32 Å². The minimum atomic E-state index is 0.817. The number of rotatable bonds is 2. The van der Waals surface area contributed by atoms with Gasteiger partial charge in [0.05, 0.1) is 10.2 Å². The lowest BCUT2D eigenvalue weighted by molar-refractivity contribution is 1.47. The van der Waals surface area contributed by atoms with Gasteiger partial charge in [-0.05, 0) is 42.5 Å². The molecule has 2 N–H and O–H groups in total. The van der Waals surface area contributed by atoms with Crippen LogP contribution in [0.2, 0.25) is 0 Å². The van der Waals surface area contributed by atoms with Crippen molar-refractivity contribution in [1.82, 2.24) is 4.98 Å². The van der Waals surface area contributed by atoms with Crippen molar-refractivity contribution >= 4 is 45.1 Å². The molecule has 0 saturated carbocycles. The summed E-state index contributed by atoms with van der Waals surface area (Å²) in [6.07, 6.45) is 0. The van der Waals surface area contributed by atoms with Gasteiger partial charge in [0.1, 0.15) is 0 Å². The summed E-state index contributed by atoms with van der Waals surface area (Å²) in [6.45, 7) is 0. The maximum Gasteiger partial charge on any atom is 0.159 e. The van der Waals surface area contributed by atoms with Gasteiger partial charge in [-0.15, -0.1) is 11.3 Å². The fourth-order valence-electron chi connectivity index (χ4n) is 1.71. The summed E-state index contributed by atoms with van der Waals surface area (Å²) in [6, 6.07) is 16.3. The molecule has 2 nitrogen and oxygen atoms in total. The third kappa shape index (κ3) is 2.23. The lowest BCUT2D eigenvalue weighted by Crippen LogP contribution is -1.88. The molecule has 0 amide bonds. The molecule has 0 fully saturated rings. The molecule has 0 saturated heterocycles. The number of aromatic nitrogens is 1. The van der Waals surface area contributed by atoms with Crippen LogP contribution in [0, 0.1) is 3.95 Å². The molecule has 0 aliphatic carbocycles. The average molecular weight is 258 g/mol. The first-order valence-electron chi connectivity index (χ1n) is 5.26. The van der Waals surface area contributed by atoms with Crippen molar-refractivity contribution in [1.29, 1.82) is 0 Å². The predicted octanol–water partition coefficient (Wildman–Crippen LogP) is 4.70. The Morgan fingerprint density at radius 2 is 1.82 bits per heavy atom. The number of fused-ring (bicyclic) bond motifs is 1. The van der Waals surface area contributed by atoms with E-state index in [9.17, 15) is 0 Å². The van der Waals surface area contributed by atoms with E-state index in [-0.39, 0.29) is 0 Å². The van der Waals surface area contributed by atoms with Crippen LogP contribution in [0.1, 0.15) is 0 Å². The van der Waals surface area contributed by atoms with Crippen LogP contribution >= 0.6 is 23.6 Å². The summed E-state index contributed by atoms with van der Waals surface area (Å²) in [4.78, 5) is 3.16. The average Bonchev–Trinajstić information content (AvgIpc) is 2.70. The van der Waals surface area contributed by atoms with Crippen molar-refractivity contribution < 1.29 is 0 Å². The van der Waals surface area contributed by atoms with Gasteiger partial charge in [-0.1, -0.05) is 18.2 Å². The van der Waals surface area contributed by atoms with E-state index in [1.807, 2.05) is 42.5 Å². The Morgan fingerprint density at radius 1 is 1.00 bits per heavy atom. The lowest BCUT2D eigenvalue weighted by Gasteiger charge is -2.05. The topological polar surface area (TPSA) is 27.8 Å². The summed E-state index contributed by atoms with van der Waals surface area (Å²) < 4.78 is 1.99. The first-order valence-corrected chi connectivity index (χ1v) is 6.49. The maximum atomic E-state index is 5.13. The van der Waals surface area contributed by atoms with Crippen LogP contribution in [0.15, 0.2) is 48.5 Å². The minimum absolute atomic E-state index is 0.817. The number of hydrogen-bond acceptors (Lipinski definition) is 3. The van der Waals surface area contributed by atoms with E-state index in [0.29, 0.717) is 0 Å². The molecule has 0 atom stereocenters. The van der Waals surface area contributed by atoms with Crippen LogP contribution in [0.3, 0.4) is 0 Å². The first-order chi connectivity index (χ1) is 8.31. The molecule has 84 valence electrons. The van der Waals surface area contributed by atoms with Gasteiger partial charge in [0.15, 0.2) is 3.95 Å². The summed E-state index contributed by atoms with van der Waals surface area (Å²) in [5.74, 6) is 0. The Balaban J connectivity index is 1.98. The molecular formula is C13H10N2S2. The minimum Gasteiger partial charge on any atom is -0.355 e. The van der Waals surface area contributed by atoms with Crippen molar-refractivity contribution in [2.24, 2.45) is 0 Å². The SMILES string of the molecule is S=c1[nH]c2ccc(Nc3ccccc3)cc2s1. The van der Waals surface area contributed by atoms with Crippen LogP contribution in [-0.2, 0) is 0 Å². The van der Waals surface area contributed by atoms with Crippen LogP contribution in [0.5, 0.6) is 0 Å². The third-order valence-corrected chi connectivity index (χ3v) is 3.68. The lowest BCUT2D eigenvalue weighted by atomic mass is 10.2. The van der Waals surface area contributed by atoms with Gasteiger partial charge in [0, 0.05) is 11.4 Å². The molecule has 4 heteroatoms. The molecule has 1 heterocycles. The van der Waals surface area contributed by atoms with E-state index in [2.05, 4.69) is 16.4 Å². The Labute approximate surface area is 108 Å². The highest BCUT2D eigenvalue weighted by atomic mass is 32.1. The van der Waals surface area contributed by atoms with E-state index in [0.717, 1.165) is 20.8 Å². The second-order valence-corrected chi connectivity index (χ2v) is 5.44. The fraction of sp³-hybridized carbons (Fsp3) is 0. The highest BCUT2D eigenvalue weighted by Gasteiger charge is 1.99. The molecule has 0 unspecified atom stereocenters. The summed E-state index contributed by atoms with van der Waals surface area (Å²) in [7, 11) is 0. The zero-order chi connectivity index (χ0) is 11.7. The molecule has 0 spiro atoms. The van der Waals surface area contributed by atoms with Crippen molar-refractivity contribution in [3.05, 3.63) is 52.5 Å². The van der Waals surface area contributed by atoms with Crippen molar-refractivity contribution in [3.63, 3.8) is 0 Å². The van der Waals surface area contributed by atoms with Crippen molar-refractivity contribution in [2.45, 2.75) is 0 Å². The number of hydrogen-bond donors (Lipinski definition) is 2. The molecule has 0 bridgehead atoms. The normalized spacial score (nSPS) is 10.6. The number of thiazole rings is 1. The first kappa shape index (κ1) is 10.5. The zero-order valence-electron chi connectivity index (χ0n) is 8.94. The summed E-state index contributed by atoms with van der Waals surface area (Å²) in [5.41, 5.74) is 3.26. The van der Waals surface area contributed by atoms with Gasteiger partial charge in [0.25, 0.3) is 0 Å². The molecule has 3 rings (SSSR count). The van der Waals surface area contributed by atoms with Gasteiger partial charge < -0.3 is 10.3 Å². The number of para-hydroxylation sites is 1. The van der Waals surface area contributed by atoms with Gasteiger partial charge in [0.2, 0.25) is 0 Å². The van der Waals surface area contributed by atoms with Crippen LogP contribution in [-0.4, -0.2) is 4.98 Å². The van der Waals surface area contributed by atoms with Gasteiger partial charge in [-0.3, -0.25) is 0 Å². The van der Waals surface area contributed by atoms with E-state index >= 15 is 0 Å². The van der Waals surface area contributed by atoms with Crippen LogP contribution in [0.25, 0.3) is 10.2 Å². The highest BCUT2D eigenvalue weighted by molar-refractivity contribution is 7.73. The number of anilines is 2. The fourth-order valence-corrected chi connectivity index (χ4v) is 2.87. The summed E-state index contributed by atoms with van der Waals surface area (Å²) >= 11 is 6.72. The highest BCUT2D eigenvalue weighted by Crippen LogP contribution is 2.25. The smallest absolute Gasteiger partial charge is 0.159 e.